The molecule has 0 unspecified atom stereocenters. The summed E-state index contributed by atoms with van der Waals surface area (Å²) >= 11 is 1.40. The largest absolute Gasteiger partial charge is 0.397 e. The summed E-state index contributed by atoms with van der Waals surface area (Å²) in [6, 6.07) is 1.82. The molecule has 6 heteroatoms. The molecule has 102 valence electrons. The molecule has 0 bridgehead atoms. The highest BCUT2D eigenvalue weighted by Gasteiger charge is 2.13. The SMILES string of the molecule is CCNC(=O)c1sc(NCCCN(C)C)cc1N. The zero-order valence-electron chi connectivity index (χ0n) is 11.2. The van der Waals surface area contributed by atoms with Gasteiger partial charge in [-0.3, -0.25) is 4.79 Å². The van der Waals surface area contributed by atoms with E-state index in [-0.39, 0.29) is 5.91 Å². The molecule has 1 amide bonds. The van der Waals surface area contributed by atoms with Crippen LogP contribution in [0.25, 0.3) is 0 Å². The number of nitrogens with zero attached hydrogens (tertiary/aromatic N) is 1. The van der Waals surface area contributed by atoms with Crippen LogP contribution in [0.4, 0.5) is 10.7 Å². The Hall–Kier alpha value is -1.27. The van der Waals surface area contributed by atoms with Crippen LogP contribution in [0.1, 0.15) is 23.0 Å². The molecule has 0 fully saturated rings. The van der Waals surface area contributed by atoms with Crippen molar-refractivity contribution in [1.29, 1.82) is 0 Å². The van der Waals surface area contributed by atoms with E-state index in [1.165, 1.54) is 11.3 Å². The van der Waals surface area contributed by atoms with Crippen molar-refractivity contribution in [1.82, 2.24) is 10.2 Å². The molecule has 0 spiro atoms. The molecule has 4 N–H and O–H groups in total. The summed E-state index contributed by atoms with van der Waals surface area (Å²) in [7, 11) is 4.10. The van der Waals surface area contributed by atoms with Gasteiger partial charge in [0.25, 0.3) is 5.91 Å². The molecule has 1 aromatic heterocycles. The first-order valence-corrected chi connectivity index (χ1v) is 6.92. The van der Waals surface area contributed by atoms with Crippen molar-refractivity contribution < 1.29 is 4.79 Å². The minimum atomic E-state index is -0.0960. The van der Waals surface area contributed by atoms with Gasteiger partial charge in [-0.15, -0.1) is 11.3 Å². The average Bonchev–Trinajstić information content (AvgIpc) is 2.66. The molecule has 0 aliphatic heterocycles. The number of thiophene rings is 1. The number of anilines is 2. The Morgan fingerprint density at radius 3 is 2.83 bits per heavy atom. The maximum absolute atomic E-state index is 11.7. The van der Waals surface area contributed by atoms with E-state index in [1.807, 2.05) is 13.0 Å². The van der Waals surface area contributed by atoms with Gasteiger partial charge in [-0.2, -0.15) is 0 Å². The Balaban J connectivity index is 2.48. The summed E-state index contributed by atoms with van der Waals surface area (Å²) in [5, 5.41) is 7.00. The Kier molecular flexibility index (Phi) is 5.94. The highest BCUT2D eigenvalue weighted by molar-refractivity contribution is 7.18. The van der Waals surface area contributed by atoms with Gasteiger partial charge in [0.1, 0.15) is 4.88 Å². The van der Waals surface area contributed by atoms with Gasteiger partial charge in [-0.05, 0) is 40.1 Å². The van der Waals surface area contributed by atoms with Crippen molar-refractivity contribution in [2.24, 2.45) is 0 Å². The summed E-state index contributed by atoms with van der Waals surface area (Å²) < 4.78 is 0. The number of hydrogen-bond acceptors (Lipinski definition) is 5. The van der Waals surface area contributed by atoms with Gasteiger partial charge in [-0.1, -0.05) is 0 Å². The highest BCUT2D eigenvalue weighted by Crippen LogP contribution is 2.28. The van der Waals surface area contributed by atoms with Crippen LogP contribution in [0.15, 0.2) is 6.07 Å². The Morgan fingerprint density at radius 2 is 2.22 bits per heavy atom. The lowest BCUT2D eigenvalue weighted by Crippen LogP contribution is -2.22. The maximum atomic E-state index is 11.7. The molecule has 0 aromatic carbocycles. The molecule has 5 nitrogen and oxygen atoms in total. The van der Waals surface area contributed by atoms with E-state index in [0.29, 0.717) is 17.1 Å². The van der Waals surface area contributed by atoms with Crippen molar-refractivity contribution in [2.45, 2.75) is 13.3 Å². The van der Waals surface area contributed by atoms with Crippen LogP contribution in [-0.2, 0) is 0 Å². The van der Waals surface area contributed by atoms with Gasteiger partial charge >= 0.3 is 0 Å². The predicted octanol–water partition coefficient (Wildman–Crippen LogP) is 1.44. The number of hydrogen-bond donors (Lipinski definition) is 3. The summed E-state index contributed by atoms with van der Waals surface area (Å²) in [5.41, 5.74) is 6.37. The van der Waals surface area contributed by atoms with E-state index in [4.69, 9.17) is 5.73 Å². The molecule has 0 saturated heterocycles. The van der Waals surface area contributed by atoms with Crippen molar-refractivity contribution >= 4 is 27.9 Å². The minimum Gasteiger partial charge on any atom is -0.397 e. The van der Waals surface area contributed by atoms with Crippen LogP contribution < -0.4 is 16.4 Å². The Morgan fingerprint density at radius 1 is 1.50 bits per heavy atom. The second-order valence-corrected chi connectivity index (χ2v) is 5.39. The zero-order valence-corrected chi connectivity index (χ0v) is 12.1. The summed E-state index contributed by atoms with van der Waals surface area (Å²) in [6.07, 6.45) is 1.06. The standard InChI is InChI=1S/C12H22N4OS/c1-4-14-12(17)11-9(13)8-10(18-11)15-6-5-7-16(2)3/h8,15H,4-7,13H2,1-3H3,(H,14,17). The van der Waals surface area contributed by atoms with Gasteiger partial charge in [0, 0.05) is 13.1 Å². The third kappa shape index (κ3) is 4.54. The smallest absolute Gasteiger partial charge is 0.263 e. The fraction of sp³-hybridized carbons (Fsp3) is 0.583. The normalized spacial score (nSPS) is 10.7. The van der Waals surface area contributed by atoms with E-state index >= 15 is 0 Å². The van der Waals surface area contributed by atoms with Crippen LogP contribution in [0.3, 0.4) is 0 Å². The van der Waals surface area contributed by atoms with E-state index < -0.39 is 0 Å². The number of carbonyl (C=O) groups excluding carboxylic acids is 1. The van der Waals surface area contributed by atoms with E-state index in [9.17, 15) is 4.79 Å². The molecule has 1 aromatic rings. The molecule has 0 aliphatic carbocycles. The van der Waals surface area contributed by atoms with Crippen LogP contribution in [0, 0.1) is 0 Å². The Labute approximate surface area is 112 Å². The summed E-state index contributed by atoms with van der Waals surface area (Å²) in [6.45, 7) is 4.42. The van der Waals surface area contributed by atoms with Gasteiger partial charge in [0.2, 0.25) is 0 Å². The van der Waals surface area contributed by atoms with E-state index in [2.05, 4.69) is 29.6 Å². The molecule has 0 saturated carbocycles. The number of nitrogen functional groups attached to an aromatic ring is 1. The van der Waals surface area contributed by atoms with Crippen LogP contribution in [0.5, 0.6) is 0 Å². The predicted molar refractivity (Wildman–Crippen MR) is 78.4 cm³/mol. The van der Waals surface area contributed by atoms with Crippen LogP contribution >= 0.6 is 11.3 Å². The molecule has 18 heavy (non-hydrogen) atoms. The minimum absolute atomic E-state index is 0.0960. The second kappa shape index (κ2) is 7.23. The third-order valence-electron chi connectivity index (χ3n) is 2.39. The zero-order chi connectivity index (χ0) is 13.5. The third-order valence-corrected chi connectivity index (χ3v) is 3.49. The first-order valence-electron chi connectivity index (χ1n) is 6.10. The van der Waals surface area contributed by atoms with Crippen LogP contribution in [0.2, 0.25) is 0 Å². The molecule has 0 atom stereocenters. The number of nitrogens with one attached hydrogen (secondary N) is 2. The first-order chi connectivity index (χ1) is 8.54. The van der Waals surface area contributed by atoms with Gasteiger partial charge < -0.3 is 21.3 Å². The summed E-state index contributed by atoms with van der Waals surface area (Å²) in [5.74, 6) is -0.0960. The lowest BCUT2D eigenvalue weighted by atomic mass is 10.3. The number of nitrogens with two attached hydrogens (primary N) is 1. The number of carbonyl (C=O) groups is 1. The Bertz CT molecular complexity index is 389. The van der Waals surface area contributed by atoms with Crippen molar-refractivity contribution in [3.8, 4) is 0 Å². The molecule has 0 radical (unpaired) electrons. The summed E-state index contributed by atoms with van der Waals surface area (Å²) in [4.78, 5) is 14.4. The van der Waals surface area contributed by atoms with Gasteiger partial charge in [-0.25, -0.2) is 0 Å². The van der Waals surface area contributed by atoms with Crippen molar-refractivity contribution in [3.05, 3.63) is 10.9 Å². The topological polar surface area (TPSA) is 70.4 Å². The van der Waals surface area contributed by atoms with Gasteiger partial charge in [0.05, 0.1) is 10.7 Å². The fourth-order valence-corrected chi connectivity index (χ4v) is 2.44. The fourth-order valence-electron chi connectivity index (χ4n) is 1.52. The van der Waals surface area contributed by atoms with Gasteiger partial charge in [0.15, 0.2) is 0 Å². The molecular weight excluding hydrogens is 248 g/mol. The maximum Gasteiger partial charge on any atom is 0.263 e. The average molecular weight is 270 g/mol. The molecule has 0 aliphatic rings. The second-order valence-electron chi connectivity index (χ2n) is 4.34. The lowest BCUT2D eigenvalue weighted by Gasteiger charge is -2.09. The number of rotatable bonds is 7. The van der Waals surface area contributed by atoms with Crippen molar-refractivity contribution in [3.63, 3.8) is 0 Å². The molecular formula is C12H22N4OS. The highest BCUT2D eigenvalue weighted by atomic mass is 32.1. The van der Waals surface area contributed by atoms with Crippen LogP contribution in [-0.4, -0.2) is 44.5 Å². The molecule has 1 heterocycles. The number of amides is 1. The monoisotopic (exact) mass is 270 g/mol. The van der Waals surface area contributed by atoms with E-state index in [1.54, 1.807) is 0 Å². The van der Waals surface area contributed by atoms with E-state index in [0.717, 1.165) is 24.5 Å². The molecule has 1 rings (SSSR count). The lowest BCUT2D eigenvalue weighted by molar-refractivity contribution is 0.0960. The quantitative estimate of drug-likeness (QED) is 0.656. The first kappa shape index (κ1) is 14.8. The van der Waals surface area contributed by atoms with Crippen molar-refractivity contribution in [2.75, 3.05) is 44.8 Å².